The van der Waals surface area contributed by atoms with Crippen LogP contribution < -0.4 is 5.32 Å². The molecule has 0 aliphatic carbocycles. The molecule has 0 radical (unpaired) electrons. The molecule has 0 bridgehead atoms. The molecular formula is C11H23NO2S. The van der Waals surface area contributed by atoms with E-state index in [2.05, 4.69) is 12.2 Å². The molecule has 0 aromatic heterocycles. The van der Waals surface area contributed by atoms with Gasteiger partial charge in [-0.25, -0.2) is 0 Å². The molecule has 0 aliphatic heterocycles. The summed E-state index contributed by atoms with van der Waals surface area (Å²) in [4.78, 5) is 11.6. The molecule has 4 heteroatoms. The number of hydrogen-bond donors (Lipinski definition) is 2. The van der Waals surface area contributed by atoms with E-state index in [0.717, 1.165) is 25.0 Å². The SMILES string of the molecule is CCCC(C)NC(=O)C(C)SCCCO. The van der Waals surface area contributed by atoms with E-state index >= 15 is 0 Å². The Kier molecular flexibility index (Phi) is 8.91. The van der Waals surface area contributed by atoms with E-state index in [-0.39, 0.29) is 23.8 Å². The fraction of sp³-hybridized carbons (Fsp3) is 0.909. The van der Waals surface area contributed by atoms with Gasteiger partial charge in [-0.1, -0.05) is 13.3 Å². The molecule has 15 heavy (non-hydrogen) atoms. The Hall–Kier alpha value is -0.220. The predicted molar refractivity (Wildman–Crippen MR) is 66.1 cm³/mol. The molecular weight excluding hydrogens is 210 g/mol. The summed E-state index contributed by atoms with van der Waals surface area (Å²) < 4.78 is 0. The molecule has 0 aliphatic rings. The lowest BCUT2D eigenvalue weighted by molar-refractivity contribution is -0.120. The van der Waals surface area contributed by atoms with E-state index in [1.165, 1.54) is 0 Å². The van der Waals surface area contributed by atoms with Gasteiger partial charge in [-0.05, 0) is 32.4 Å². The Labute approximate surface area is 97.0 Å². The van der Waals surface area contributed by atoms with Crippen LogP contribution >= 0.6 is 11.8 Å². The first-order valence-electron chi connectivity index (χ1n) is 5.64. The molecule has 0 heterocycles. The van der Waals surface area contributed by atoms with Gasteiger partial charge in [-0.2, -0.15) is 0 Å². The number of rotatable bonds is 8. The van der Waals surface area contributed by atoms with Crippen molar-refractivity contribution in [2.45, 2.75) is 51.3 Å². The molecule has 0 fully saturated rings. The fourth-order valence-electron chi connectivity index (χ4n) is 1.27. The standard InChI is InChI=1S/C11H23NO2S/c1-4-6-9(2)12-11(14)10(3)15-8-5-7-13/h9-10,13H,4-8H2,1-3H3,(H,12,14). The summed E-state index contributed by atoms with van der Waals surface area (Å²) in [5, 5.41) is 11.6. The summed E-state index contributed by atoms with van der Waals surface area (Å²) >= 11 is 1.60. The summed E-state index contributed by atoms with van der Waals surface area (Å²) in [6.07, 6.45) is 2.88. The van der Waals surface area contributed by atoms with E-state index in [0.29, 0.717) is 0 Å². The van der Waals surface area contributed by atoms with Crippen LogP contribution in [0.3, 0.4) is 0 Å². The third kappa shape index (κ3) is 7.68. The summed E-state index contributed by atoms with van der Waals surface area (Å²) in [6.45, 7) is 6.26. The summed E-state index contributed by atoms with van der Waals surface area (Å²) in [5.41, 5.74) is 0. The van der Waals surface area contributed by atoms with Gasteiger partial charge in [0.15, 0.2) is 0 Å². The van der Waals surface area contributed by atoms with Crippen LogP contribution in [0, 0.1) is 0 Å². The van der Waals surface area contributed by atoms with Crippen molar-refractivity contribution in [1.29, 1.82) is 0 Å². The van der Waals surface area contributed by atoms with E-state index in [9.17, 15) is 4.79 Å². The first-order valence-corrected chi connectivity index (χ1v) is 6.69. The highest BCUT2D eigenvalue weighted by molar-refractivity contribution is 8.00. The minimum absolute atomic E-state index is 0.0177. The zero-order chi connectivity index (χ0) is 11.7. The van der Waals surface area contributed by atoms with Crippen LogP contribution in [-0.2, 0) is 4.79 Å². The molecule has 2 N–H and O–H groups in total. The average molecular weight is 233 g/mol. The second kappa shape index (κ2) is 9.04. The Morgan fingerprint density at radius 2 is 2.13 bits per heavy atom. The molecule has 3 nitrogen and oxygen atoms in total. The highest BCUT2D eigenvalue weighted by Crippen LogP contribution is 2.12. The summed E-state index contributed by atoms with van der Waals surface area (Å²) in [7, 11) is 0. The second-order valence-electron chi connectivity index (χ2n) is 3.79. The fourth-order valence-corrected chi connectivity index (χ4v) is 2.13. The normalized spacial score (nSPS) is 14.7. The number of carbonyl (C=O) groups excluding carboxylic acids is 1. The van der Waals surface area contributed by atoms with Gasteiger partial charge < -0.3 is 10.4 Å². The van der Waals surface area contributed by atoms with Gasteiger partial charge in [0.1, 0.15) is 0 Å². The van der Waals surface area contributed by atoms with Crippen molar-refractivity contribution >= 4 is 17.7 Å². The number of thioether (sulfide) groups is 1. The number of nitrogens with one attached hydrogen (secondary N) is 1. The number of amides is 1. The maximum absolute atomic E-state index is 11.6. The predicted octanol–water partition coefficient (Wildman–Crippen LogP) is 1.80. The van der Waals surface area contributed by atoms with Crippen molar-refractivity contribution in [1.82, 2.24) is 5.32 Å². The number of hydrogen-bond acceptors (Lipinski definition) is 3. The summed E-state index contributed by atoms with van der Waals surface area (Å²) in [5.74, 6) is 0.951. The van der Waals surface area contributed by atoms with Crippen LogP contribution in [0.15, 0.2) is 0 Å². The van der Waals surface area contributed by atoms with Gasteiger partial charge in [-0.15, -0.1) is 11.8 Å². The molecule has 0 rings (SSSR count). The first-order chi connectivity index (χ1) is 7.11. The van der Waals surface area contributed by atoms with Crippen LogP contribution in [0.1, 0.15) is 40.0 Å². The lowest BCUT2D eigenvalue weighted by Crippen LogP contribution is -2.37. The van der Waals surface area contributed by atoms with Gasteiger partial charge in [0.25, 0.3) is 0 Å². The molecule has 0 aromatic carbocycles. The van der Waals surface area contributed by atoms with E-state index in [4.69, 9.17) is 5.11 Å². The van der Waals surface area contributed by atoms with Crippen LogP contribution in [0.4, 0.5) is 0 Å². The lowest BCUT2D eigenvalue weighted by atomic mass is 10.2. The highest BCUT2D eigenvalue weighted by Gasteiger charge is 2.14. The highest BCUT2D eigenvalue weighted by atomic mass is 32.2. The third-order valence-corrected chi connectivity index (χ3v) is 3.39. The monoisotopic (exact) mass is 233 g/mol. The van der Waals surface area contributed by atoms with Crippen molar-refractivity contribution in [3.8, 4) is 0 Å². The van der Waals surface area contributed by atoms with E-state index in [1.54, 1.807) is 11.8 Å². The molecule has 0 spiro atoms. The van der Waals surface area contributed by atoms with Crippen molar-refractivity contribution in [2.24, 2.45) is 0 Å². The first kappa shape index (κ1) is 14.8. The number of aliphatic hydroxyl groups excluding tert-OH is 1. The Morgan fingerprint density at radius 3 is 2.67 bits per heavy atom. The van der Waals surface area contributed by atoms with Gasteiger partial charge in [0.05, 0.1) is 5.25 Å². The molecule has 1 amide bonds. The molecule has 0 saturated heterocycles. The molecule has 0 saturated carbocycles. The maximum atomic E-state index is 11.6. The Balaban J connectivity index is 3.68. The summed E-state index contributed by atoms with van der Waals surface area (Å²) in [6, 6.07) is 0.267. The molecule has 2 unspecified atom stereocenters. The maximum Gasteiger partial charge on any atom is 0.233 e. The molecule has 2 atom stereocenters. The van der Waals surface area contributed by atoms with Gasteiger partial charge in [-0.3, -0.25) is 4.79 Å². The number of carbonyl (C=O) groups is 1. The zero-order valence-corrected chi connectivity index (χ0v) is 10.8. The van der Waals surface area contributed by atoms with Crippen LogP contribution in [-0.4, -0.2) is 34.7 Å². The third-order valence-electron chi connectivity index (χ3n) is 2.15. The van der Waals surface area contributed by atoms with Crippen LogP contribution in [0.25, 0.3) is 0 Å². The van der Waals surface area contributed by atoms with Crippen LogP contribution in [0.2, 0.25) is 0 Å². The number of aliphatic hydroxyl groups is 1. The molecule has 0 aromatic rings. The molecule has 90 valence electrons. The van der Waals surface area contributed by atoms with Crippen molar-refractivity contribution in [2.75, 3.05) is 12.4 Å². The topological polar surface area (TPSA) is 49.3 Å². The van der Waals surface area contributed by atoms with E-state index < -0.39 is 0 Å². The van der Waals surface area contributed by atoms with Crippen molar-refractivity contribution in [3.63, 3.8) is 0 Å². The van der Waals surface area contributed by atoms with Crippen molar-refractivity contribution in [3.05, 3.63) is 0 Å². The largest absolute Gasteiger partial charge is 0.396 e. The Morgan fingerprint density at radius 1 is 1.47 bits per heavy atom. The Bertz CT molecular complexity index is 176. The quantitative estimate of drug-likeness (QED) is 0.628. The van der Waals surface area contributed by atoms with Crippen LogP contribution in [0.5, 0.6) is 0 Å². The van der Waals surface area contributed by atoms with Gasteiger partial charge >= 0.3 is 0 Å². The van der Waals surface area contributed by atoms with E-state index in [1.807, 2.05) is 13.8 Å². The average Bonchev–Trinajstić information content (AvgIpc) is 2.18. The zero-order valence-electron chi connectivity index (χ0n) is 9.95. The van der Waals surface area contributed by atoms with Gasteiger partial charge in [0.2, 0.25) is 5.91 Å². The van der Waals surface area contributed by atoms with Gasteiger partial charge in [0, 0.05) is 12.6 Å². The van der Waals surface area contributed by atoms with Crippen molar-refractivity contribution < 1.29 is 9.90 Å². The lowest BCUT2D eigenvalue weighted by Gasteiger charge is -2.16. The smallest absolute Gasteiger partial charge is 0.233 e. The minimum Gasteiger partial charge on any atom is -0.396 e. The second-order valence-corrected chi connectivity index (χ2v) is 5.24. The minimum atomic E-state index is -0.0177.